The maximum absolute atomic E-state index is 14.6. The summed E-state index contributed by atoms with van der Waals surface area (Å²) in [5, 5.41) is 112. The van der Waals surface area contributed by atoms with Crippen LogP contribution in [0.4, 0.5) is 0 Å². The summed E-state index contributed by atoms with van der Waals surface area (Å²) in [5.74, 6) is -11.9. The van der Waals surface area contributed by atoms with E-state index in [2.05, 4.69) is 40.9 Å². The number of rotatable bonds is 24. The SMILES string of the molecule is CCC(C)CC(C)CCCCCCCCCCC(=O)NC1CC(O)C(O)NC(=O)C2C(O)C(C)CN2C(=O)C(C(O)CC(N)=O)NC(=O)C(C(O)C(O)c2ccc(O)c(OS(=O)(=O)O)c2)NC(=O)C2CC(O)CN2C(=O)C(C(C)O)NC1=O. The van der Waals surface area contributed by atoms with Gasteiger partial charge >= 0.3 is 10.4 Å². The van der Waals surface area contributed by atoms with Crippen LogP contribution in [0.15, 0.2) is 18.2 Å². The molecule has 3 aliphatic heterocycles. The number of benzene rings is 1. The van der Waals surface area contributed by atoms with Crippen LogP contribution in [-0.2, 0) is 48.8 Å². The second-order valence-corrected chi connectivity index (χ2v) is 23.5. The van der Waals surface area contributed by atoms with Gasteiger partial charge in [0.2, 0.25) is 47.3 Å². The van der Waals surface area contributed by atoms with Gasteiger partial charge in [-0.05, 0) is 49.3 Å². The summed E-state index contributed by atoms with van der Waals surface area (Å²) in [6.07, 6.45) is -9.07. The van der Waals surface area contributed by atoms with Crippen molar-refractivity contribution in [2.45, 2.75) is 216 Å². The van der Waals surface area contributed by atoms with Gasteiger partial charge in [-0.1, -0.05) is 91.5 Å². The first-order valence-corrected chi connectivity index (χ1v) is 29.6. The van der Waals surface area contributed by atoms with Gasteiger partial charge in [-0.2, -0.15) is 8.42 Å². The molecule has 3 aliphatic rings. The van der Waals surface area contributed by atoms with Crippen molar-refractivity contribution >= 4 is 57.7 Å². The summed E-state index contributed by atoms with van der Waals surface area (Å²) >= 11 is 0. The molecule has 29 nitrogen and oxygen atoms in total. The van der Waals surface area contributed by atoms with Crippen molar-refractivity contribution in [1.82, 2.24) is 36.4 Å². The predicted molar refractivity (Wildman–Crippen MR) is 291 cm³/mol. The fourth-order valence-electron chi connectivity index (χ4n) is 10.6. The first kappa shape index (κ1) is 69.7. The summed E-state index contributed by atoms with van der Waals surface area (Å²) in [6.45, 7) is 7.97. The number of aliphatic hydroxyl groups is 8. The third-order valence-corrected chi connectivity index (χ3v) is 15.8. The molecule has 1 aromatic carbocycles. The van der Waals surface area contributed by atoms with E-state index in [0.717, 1.165) is 64.0 Å². The maximum Gasteiger partial charge on any atom is 0.446 e. The van der Waals surface area contributed by atoms with E-state index in [1.807, 2.05) is 10.6 Å². The highest BCUT2D eigenvalue weighted by atomic mass is 32.3. The molecular formula is C53H86N8O21S. The largest absolute Gasteiger partial charge is 0.504 e. The van der Waals surface area contributed by atoms with Crippen molar-refractivity contribution in [3.05, 3.63) is 23.8 Å². The fraction of sp³-hybridized carbons (Fsp3) is 0.736. The monoisotopic (exact) mass is 1200 g/mol. The van der Waals surface area contributed by atoms with Crippen molar-refractivity contribution in [2.24, 2.45) is 23.5 Å². The van der Waals surface area contributed by atoms with E-state index in [0.29, 0.717) is 40.5 Å². The normalized spacial score (nSPS) is 28.4. The number of aromatic hydroxyl groups is 1. The van der Waals surface area contributed by atoms with Crippen molar-refractivity contribution in [3.63, 3.8) is 0 Å². The van der Waals surface area contributed by atoms with Gasteiger partial charge < -0.3 is 92.3 Å². The van der Waals surface area contributed by atoms with E-state index in [9.17, 15) is 97.3 Å². The lowest BCUT2D eigenvalue weighted by atomic mass is 9.91. The van der Waals surface area contributed by atoms with Crippen LogP contribution < -0.4 is 36.5 Å². The molecule has 0 spiro atoms. The first-order valence-electron chi connectivity index (χ1n) is 28.2. The van der Waals surface area contributed by atoms with E-state index >= 15 is 0 Å². The molecule has 30 heteroatoms. The molecule has 83 heavy (non-hydrogen) atoms. The maximum atomic E-state index is 14.6. The van der Waals surface area contributed by atoms with Gasteiger partial charge in [0, 0.05) is 38.3 Å². The summed E-state index contributed by atoms with van der Waals surface area (Å²) in [5.41, 5.74) is 4.76. The lowest BCUT2D eigenvalue weighted by Crippen LogP contribution is -2.64. The molecule has 470 valence electrons. The van der Waals surface area contributed by atoms with Crippen LogP contribution >= 0.6 is 0 Å². The van der Waals surface area contributed by atoms with E-state index in [4.69, 9.17) is 5.73 Å². The number of nitrogens with two attached hydrogens (primary N) is 1. The molecule has 0 aliphatic carbocycles. The number of carbonyl (C=O) groups excluding carboxylic acids is 8. The molecule has 0 radical (unpaired) electrons. The fourth-order valence-corrected chi connectivity index (χ4v) is 10.9. The molecule has 3 heterocycles. The van der Waals surface area contributed by atoms with Gasteiger partial charge in [-0.25, -0.2) is 0 Å². The van der Waals surface area contributed by atoms with E-state index in [1.54, 1.807) is 0 Å². The Hall–Kier alpha value is -5.83. The topological polar surface area (TPSA) is 475 Å². The molecule has 4 rings (SSSR count). The Bertz CT molecular complexity index is 2510. The lowest BCUT2D eigenvalue weighted by Gasteiger charge is -2.34. The number of primary amides is 1. The Kier molecular flexibility index (Phi) is 26.8. The molecule has 3 saturated heterocycles. The van der Waals surface area contributed by atoms with Gasteiger partial charge in [0.15, 0.2) is 17.7 Å². The van der Waals surface area contributed by atoms with E-state index in [-0.39, 0.29) is 6.42 Å². The molecule has 17 N–H and O–H groups in total. The van der Waals surface area contributed by atoms with Crippen LogP contribution in [0.3, 0.4) is 0 Å². The average Bonchev–Trinajstić information content (AvgIpc) is 3.57. The van der Waals surface area contributed by atoms with Crippen molar-refractivity contribution in [1.29, 1.82) is 0 Å². The Balaban J connectivity index is 1.71. The van der Waals surface area contributed by atoms with Gasteiger partial charge in [-0.15, -0.1) is 0 Å². The second kappa shape index (κ2) is 31.9. The molecule has 0 bridgehead atoms. The van der Waals surface area contributed by atoms with Crippen molar-refractivity contribution < 1.29 is 101 Å². The van der Waals surface area contributed by atoms with Crippen LogP contribution in [-0.4, -0.2) is 208 Å². The van der Waals surface area contributed by atoms with Crippen LogP contribution in [0.5, 0.6) is 11.5 Å². The molecule has 17 atom stereocenters. The van der Waals surface area contributed by atoms with Crippen LogP contribution in [0, 0.1) is 17.8 Å². The van der Waals surface area contributed by atoms with E-state index < -0.39 is 198 Å². The number of hydrogen-bond donors (Lipinski definition) is 16. The number of fused-ring (bicyclic) bond motifs is 2. The Morgan fingerprint density at radius 2 is 1.35 bits per heavy atom. The van der Waals surface area contributed by atoms with Crippen LogP contribution in [0.1, 0.15) is 143 Å². The summed E-state index contributed by atoms with van der Waals surface area (Å²) in [6, 6.07) is -10.5. The number of carbonyl (C=O) groups is 8. The predicted octanol–water partition coefficient (Wildman–Crippen LogP) is -3.13. The zero-order chi connectivity index (χ0) is 62.2. The molecule has 8 amide bonds. The third-order valence-electron chi connectivity index (χ3n) is 15.5. The van der Waals surface area contributed by atoms with Gasteiger partial charge in [0.05, 0.1) is 30.8 Å². The summed E-state index contributed by atoms with van der Waals surface area (Å²) < 4.78 is 36.6. The highest BCUT2D eigenvalue weighted by Crippen LogP contribution is 2.33. The van der Waals surface area contributed by atoms with E-state index in [1.165, 1.54) is 19.8 Å². The van der Waals surface area contributed by atoms with Crippen molar-refractivity contribution in [3.8, 4) is 11.5 Å². The molecule has 3 fully saturated rings. The van der Waals surface area contributed by atoms with Gasteiger partial charge in [0.1, 0.15) is 54.6 Å². The molecular weight excluding hydrogens is 1120 g/mol. The van der Waals surface area contributed by atoms with Gasteiger partial charge in [0.25, 0.3) is 0 Å². The highest BCUT2D eigenvalue weighted by molar-refractivity contribution is 7.81. The summed E-state index contributed by atoms with van der Waals surface area (Å²) in [4.78, 5) is 113. The number of phenols is 1. The first-order chi connectivity index (χ1) is 38.8. The quantitative estimate of drug-likeness (QED) is 0.0359. The second-order valence-electron chi connectivity index (χ2n) is 22.5. The van der Waals surface area contributed by atoms with Crippen LogP contribution in [0.25, 0.3) is 0 Å². The number of phenolic OH excluding ortho intramolecular Hbond substituents is 1. The Morgan fingerprint density at radius 1 is 0.759 bits per heavy atom. The minimum atomic E-state index is -5.33. The lowest BCUT2D eigenvalue weighted by molar-refractivity contribution is -0.149. The number of amides is 8. The third kappa shape index (κ3) is 20.4. The Morgan fingerprint density at radius 3 is 1.95 bits per heavy atom. The molecule has 0 saturated carbocycles. The van der Waals surface area contributed by atoms with Gasteiger partial charge in [-0.3, -0.25) is 42.9 Å². The highest BCUT2D eigenvalue weighted by Gasteiger charge is 2.51. The molecule has 0 aromatic heterocycles. The zero-order valence-electron chi connectivity index (χ0n) is 47.4. The number of hydrogen-bond acceptors (Lipinski definition) is 20. The summed E-state index contributed by atoms with van der Waals surface area (Å²) in [7, 11) is -5.33. The average molecular weight is 1200 g/mol. The number of nitrogens with zero attached hydrogens (tertiary/aromatic N) is 2. The number of nitrogens with one attached hydrogen (secondary N) is 5. The number of aliphatic hydroxyl groups excluding tert-OH is 8. The minimum absolute atomic E-state index is 0.117. The smallest absolute Gasteiger partial charge is 0.446 e. The standard InChI is InChI=1S/C53H86N8O21S/c1-6-26(2)19-27(3)15-13-11-9-7-8-10-12-14-16-39(68)55-32-22-36(66)49(74)59-51(76)43-44(69)28(4)24-61(43)53(78)41(35(65)23-38(54)67)57-50(75)42(46(71)45(70)30-17-18-34(64)37(20-30)82-83(79,80)81)58-48(73)33-21-31(63)25-60(33)52(77)40(29(5)62)56-47(32)72/h17-18,20,26-29,31-33,35-36,40-46,49,62-66,69-71,74H,6-16,19,21-25H2,1-5H3,(H2,54,67)(H,55,68)(H,56,72)(H,57,75)(H,58,73)(H,59,76)(H,79,80,81). The number of unbranched alkanes of at least 4 members (excludes halogenated alkanes) is 7. The van der Waals surface area contributed by atoms with Crippen molar-refractivity contribution in [2.75, 3.05) is 13.1 Å². The van der Waals surface area contributed by atoms with Crippen LogP contribution in [0.2, 0.25) is 0 Å². The molecule has 17 unspecified atom stereocenters. The zero-order valence-corrected chi connectivity index (χ0v) is 48.2. The minimum Gasteiger partial charge on any atom is -0.504 e. The Labute approximate surface area is 482 Å². The molecule has 1 aromatic rings.